The van der Waals surface area contributed by atoms with Crippen LogP contribution in [0.15, 0.2) is 0 Å². The van der Waals surface area contributed by atoms with E-state index in [9.17, 15) is 4.79 Å². The van der Waals surface area contributed by atoms with Crippen LogP contribution in [0.5, 0.6) is 0 Å². The summed E-state index contributed by atoms with van der Waals surface area (Å²) in [6, 6.07) is 0. The largest absolute Gasteiger partial charge is 0.380 e. The molecule has 1 amide bonds. The quantitative estimate of drug-likeness (QED) is 0.715. The molecule has 0 aromatic rings. The average Bonchev–Trinajstić information content (AvgIpc) is 2.36. The molecule has 0 bridgehead atoms. The highest BCUT2D eigenvalue weighted by molar-refractivity contribution is 5.82. The molecule has 0 aliphatic heterocycles. The van der Waals surface area contributed by atoms with Crippen molar-refractivity contribution >= 4 is 5.91 Å². The Labute approximate surface area is 120 Å². The number of hydrogen-bond acceptors (Lipinski definition) is 2. The highest BCUT2D eigenvalue weighted by atomic mass is 16.5. The number of ether oxygens (including phenoxy) is 1. The van der Waals surface area contributed by atoms with Crippen molar-refractivity contribution in [1.82, 2.24) is 5.32 Å². The highest BCUT2D eigenvalue weighted by Crippen LogP contribution is 2.44. The number of carbonyl (C=O) groups excluding carboxylic acids is 1. The summed E-state index contributed by atoms with van der Waals surface area (Å²) in [7, 11) is 0. The Morgan fingerprint density at radius 2 is 1.63 bits per heavy atom. The molecule has 0 saturated heterocycles. The van der Waals surface area contributed by atoms with E-state index in [4.69, 9.17) is 4.74 Å². The summed E-state index contributed by atoms with van der Waals surface area (Å²) in [5.74, 6) is 0.561. The lowest BCUT2D eigenvalue weighted by atomic mass is 9.61. The third-order valence-corrected chi connectivity index (χ3v) is 4.36. The van der Waals surface area contributed by atoms with Crippen molar-refractivity contribution in [2.24, 2.45) is 16.7 Å². The van der Waals surface area contributed by atoms with E-state index in [0.717, 1.165) is 0 Å². The minimum atomic E-state index is -0.382. The number of hydrogen-bond donors (Lipinski definition) is 1. The second-order valence-corrected chi connectivity index (χ2v) is 5.95. The van der Waals surface area contributed by atoms with Gasteiger partial charge >= 0.3 is 0 Å². The third-order valence-electron chi connectivity index (χ3n) is 4.36. The van der Waals surface area contributed by atoms with Crippen molar-refractivity contribution in [2.45, 2.75) is 62.3 Å². The van der Waals surface area contributed by atoms with Gasteiger partial charge in [0.1, 0.15) is 0 Å². The molecule has 3 heteroatoms. The van der Waals surface area contributed by atoms with Gasteiger partial charge < -0.3 is 10.1 Å². The fraction of sp³-hybridized carbons (Fsp3) is 0.938. The average molecular weight is 273 g/mol. The standard InChI is InChI=1S/C14H29NO2.C2H6/c1-8-17-10-9-15-12(16)14(6,7)13(4,5)11(2)3;1-2/h11H,8-10H2,1-7H3,(H,15,16);1-2H3. The van der Waals surface area contributed by atoms with Crippen LogP contribution in [0.25, 0.3) is 0 Å². The zero-order valence-corrected chi connectivity index (χ0v) is 14.5. The Hall–Kier alpha value is -0.570. The maximum atomic E-state index is 12.2. The number of rotatable bonds is 7. The normalized spacial score (nSPS) is 11.9. The van der Waals surface area contributed by atoms with E-state index >= 15 is 0 Å². The molecule has 0 spiro atoms. The first-order valence-corrected chi connectivity index (χ1v) is 7.54. The summed E-state index contributed by atoms with van der Waals surface area (Å²) in [4.78, 5) is 12.2. The van der Waals surface area contributed by atoms with Gasteiger partial charge in [-0.2, -0.15) is 0 Å². The van der Waals surface area contributed by atoms with Gasteiger partial charge in [-0.3, -0.25) is 4.79 Å². The van der Waals surface area contributed by atoms with Gasteiger partial charge in [-0.05, 0) is 18.3 Å². The van der Waals surface area contributed by atoms with Crippen molar-refractivity contribution in [3.63, 3.8) is 0 Å². The molecule has 116 valence electrons. The molecule has 0 fully saturated rings. The molecule has 0 saturated carbocycles. The minimum absolute atomic E-state index is 0.0390. The van der Waals surface area contributed by atoms with Crippen molar-refractivity contribution < 1.29 is 9.53 Å². The van der Waals surface area contributed by atoms with Crippen LogP contribution in [0.1, 0.15) is 62.3 Å². The molecule has 19 heavy (non-hydrogen) atoms. The van der Waals surface area contributed by atoms with Crippen LogP contribution in [-0.4, -0.2) is 25.7 Å². The van der Waals surface area contributed by atoms with Gasteiger partial charge in [0.25, 0.3) is 0 Å². The predicted octanol–water partition coefficient (Wildman–Crippen LogP) is 3.87. The van der Waals surface area contributed by atoms with Crippen LogP contribution in [-0.2, 0) is 9.53 Å². The van der Waals surface area contributed by atoms with E-state index < -0.39 is 0 Å². The summed E-state index contributed by atoms with van der Waals surface area (Å²) in [6.07, 6.45) is 0. The van der Waals surface area contributed by atoms with E-state index in [2.05, 4.69) is 33.0 Å². The molecule has 3 nitrogen and oxygen atoms in total. The highest BCUT2D eigenvalue weighted by Gasteiger charge is 2.44. The van der Waals surface area contributed by atoms with E-state index in [0.29, 0.717) is 25.7 Å². The van der Waals surface area contributed by atoms with Gasteiger partial charge in [-0.1, -0.05) is 55.4 Å². The summed E-state index contributed by atoms with van der Waals surface area (Å²) < 4.78 is 5.21. The maximum absolute atomic E-state index is 12.2. The van der Waals surface area contributed by atoms with Crippen molar-refractivity contribution in [3.8, 4) is 0 Å². The first-order chi connectivity index (χ1) is 8.67. The summed E-state index contributed by atoms with van der Waals surface area (Å²) in [6.45, 7) is 20.5. The van der Waals surface area contributed by atoms with Gasteiger partial charge in [-0.15, -0.1) is 0 Å². The Bertz CT molecular complexity index is 245. The smallest absolute Gasteiger partial charge is 0.226 e. The van der Waals surface area contributed by atoms with Crippen molar-refractivity contribution in [2.75, 3.05) is 19.8 Å². The molecular weight excluding hydrogens is 238 g/mol. The second-order valence-electron chi connectivity index (χ2n) is 5.95. The summed E-state index contributed by atoms with van der Waals surface area (Å²) >= 11 is 0. The first-order valence-electron chi connectivity index (χ1n) is 7.54. The Morgan fingerprint density at radius 1 is 1.16 bits per heavy atom. The van der Waals surface area contributed by atoms with Gasteiger partial charge in [0, 0.05) is 18.6 Å². The molecule has 0 atom stereocenters. The molecule has 0 radical (unpaired) electrons. The zero-order chi connectivity index (χ0) is 15.7. The Kier molecular flexibility index (Phi) is 10.2. The van der Waals surface area contributed by atoms with Gasteiger partial charge in [0.15, 0.2) is 0 Å². The lowest BCUT2D eigenvalue weighted by Crippen LogP contribution is -2.49. The van der Waals surface area contributed by atoms with Crippen LogP contribution in [0, 0.1) is 16.7 Å². The molecule has 1 N–H and O–H groups in total. The Morgan fingerprint density at radius 3 is 2.00 bits per heavy atom. The zero-order valence-electron chi connectivity index (χ0n) is 14.5. The monoisotopic (exact) mass is 273 g/mol. The molecular formula is C16H35NO2. The van der Waals surface area contributed by atoms with Crippen molar-refractivity contribution in [3.05, 3.63) is 0 Å². The summed E-state index contributed by atoms with van der Waals surface area (Å²) in [5, 5.41) is 2.95. The molecule has 0 aliphatic carbocycles. The van der Waals surface area contributed by atoms with Gasteiger partial charge in [0.2, 0.25) is 5.91 Å². The molecule has 0 aliphatic rings. The van der Waals surface area contributed by atoms with Gasteiger partial charge in [0.05, 0.1) is 6.61 Å². The van der Waals surface area contributed by atoms with Crippen LogP contribution in [0.3, 0.4) is 0 Å². The first kappa shape index (κ1) is 20.7. The number of nitrogens with one attached hydrogen (secondary N) is 1. The lowest BCUT2D eigenvalue weighted by Gasteiger charge is -2.43. The third kappa shape index (κ3) is 5.94. The number of carbonyl (C=O) groups is 1. The second kappa shape index (κ2) is 9.35. The van der Waals surface area contributed by atoms with Crippen molar-refractivity contribution in [1.29, 1.82) is 0 Å². The predicted molar refractivity (Wildman–Crippen MR) is 83.3 cm³/mol. The lowest BCUT2D eigenvalue weighted by molar-refractivity contribution is -0.137. The van der Waals surface area contributed by atoms with Crippen LogP contribution in [0.4, 0.5) is 0 Å². The Balaban J connectivity index is 0. The van der Waals surface area contributed by atoms with E-state index in [1.807, 2.05) is 34.6 Å². The summed E-state index contributed by atoms with van der Waals surface area (Å²) in [5.41, 5.74) is -0.421. The fourth-order valence-electron chi connectivity index (χ4n) is 1.62. The van der Waals surface area contributed by atoms with Crippen LogP contribution in [0.2, 0.25) is 0 Å². The molecule has 0 unspecified atom stereocenters. The van der Waals surface area contributed by atoms with E-state index in [-0.39, 0.29) is 16.7 Å². The van der Waals surface area contributed by atoms with Crippen LogP contribution >= 0.6 is 0 Å². The minimum Gasteiger partial charge on any atom is -0.380 e. The molecule has 0 heterocycles. The van der Waals surface area contributed by atoms with E-state index in [1.165, 1.54) is 0 Å². The molecule has 0 aromatic heterocycles. The SMILES string of the molecule is CC.CCOCCNC(=O)C(C)(C)C(C)(C)C(C)C. The maximum Gasteiger partial charge on any atom is 0.226 e. The van der Waals surface area contributed by atoms with Crippen LogP contribution < -0.4 is 5.32 Å². The fourth-order valence-corrected chi connectivity index (χ4v) is 1.62. The van der Waals surface area contributed by atoms with Gasteiger partial charge in [-0.25, -0.2) is 0 Å². The molecule has 0 rings (SSSR count). The number of amides is 1. The topological polar surface area (TPSA) is 38.3 Å². The molecule has 0 aromatic carbocycles. The van der Waals surface area contributed by atoms with E-state index in [1.54, 1.807) is 0 Å².